The van der Waals surface area contributed by atoms with E-state index in [0.29, 0.717) is 23.2 Å². The number of rotatable bonds is 9. The van der Waals surface area contributed by atoms with Crippen molar-refractivity contribution >= 4 is 17.3 Å². The number of aromatic nitrogens is 2. The maximum absolute atomic E-state index is 6.03. The van der Waals surface area contributed by atoms with E-state index in [-0.39, 0.29) is 0 Å². The van der Waals surface area contributed by atoms with Crippen LogP contribution in [0, 0.1) is 5.92 Å². The highest BCUT2D eigenvalue weighted by molar-refractivity contribution is 5.73. The molecule has 4 N–H and O–H groups in total. The molecule has 0 fully saturated rings. The quantitative estimate of drug-likeness (QED) is 0.593. The second-order valence-electron chi connectivity index (χ2n) is 4.87. The third-order valence-corrected chi connectivity index (χ3v) is 2.72. The van der Waals surface area contributed by atoms with Crippen LogP contribution in [0.4, 0.5) is 17.3 Å². The van der Waals surface area contributed by atoms with Gasteiger partial charge in [0.05, 0.1) is 0 Å². The fourth-order valence-corrected chi connectivity index (χ4v) is 1.58. The van der Waals surface area contributed by atoms with E-state index in [1.807, 2.05) is 0 Å². The Bertz CT molecular complexity index is 370. The number of hydrogen-bond donors (Lipinski definition) is 3. The van der Waals surface area contributed by atoms with E-state index in [2.05, 4.69) is 34.4 Å². The molecule has 0 bridgehead atoms. The number of methoxy groups -OCH3 is 1. The summed E-state index contributed by atoms with van der Waals surface area (Å²) >= 11 is 0. The van der Waals surface area contributed by atoms with E-state index < -0.39 is 0 Å². The first-order valence-electron chi connectivity index (χ1n) is 6.72. The van der Waals surface area contributed by atoms with Crippen LogP contribution in [0.1, 0.15) is 26.7 Å². The average Bonchev–Trinajstić information content (AvgIpc) is 2.38. The van der Waals surface area contributed by atoms with Crippen molar-refractivity contribution < 1.29 is 4.74 Å². The molecule has 0 saturated heterocycles. The van der Waals surface area contributed by atoms with Crippen LogP contribution in [-0.4, -0.2) is 36.8 Å². The van der Waals surface area contributed by atoms with Crippen molar-refractivity contribution in [3.8, 4) is 0 Å². The minimum absolute atomic E-state index is 0.573. The zero-order chi connectivity index (χ0) is 14.1. The van der Waals surface area contributed by atoms with Gasteiger partial charge in [0.25, 0.3) is 0 Å². The number of nitrogens with one attached hydrogen (secondary N) is 2. The molecule has 19 heavy (non-hydrogen) atoms. The highest BCUT2D eigenvalue weighted by Gasteiger charge is 2.07. The van der Waals surface area contributed by atoms with Crippen molar-refractivity contribution in [3.05, 3.63) is 6.33 Å². The predicted molar refractivity (Wildman–Crippen MR) is 79.4 cm³/mol. The Morgan fingerprint density at radius 2 is 1.84 bits per heavy atom. The lowest BCUT2D eigenvalue weighted by Crippen LogP contribution is -2.12. The highest BCUT2D eigenvalue weighted by atomic mass is 16.5. The van der Waals surface area contributed by atoms with Crippen LogP contribution in [-0.2, 0) is 4.74 Å². The van der Waals surface area contributed by atoms with Gasteiger partial charge in [-0.05, 0) is 18.8 Å². The Morgan fingerprint density at radius 3 is 2.42 bits per heavy atom. The van der Waals surface area contributed by atoms with E-state index >= 15 is 0 Å². The Hall–Kier alpha value is -1.56. The summed E-state index contributed by atoms with van der Waals surface area (Å²) in [6.07, 6.45) is 3.52. The predicted octanol–water partition coefficient (Wildman–Crippen LogP) is 1.97. The Labute approximate surface area is 115 Å². The molecule has 0 spiro atoms. The SMILES string of the molecule is COCCCNc1ncnc(NCCC(C)C)c1N. The number of ether oxygens (including phenoxy) is 1. The van der Waals surface area contributed by atoms with E-state index in [1.165, 1.54) is 6.33 Å². The van der Waals surface area contributed by atoms with Gasteiger partial charge in [0.15, 0.2) is 11.6 Å². The van der Waals surface area contributed by atoms with E-state index in [1.54, 1.807) is 7.11 Å². The third-order valence-electron chi connectivity index (χ3n) is 2.72. The molecule has 0 aliphatic heterocycles. The van der Waals surface area contributed by atoms with Crippen LogP contribution >= 0.6 is 0 Å². The molecule has 0 aromatic carbocycles. The molecule has 0 aliphatic rings. The van der Waals surface area contributed by atoms with Gasteiger partial charge in [-0.15, -0.1) is 0 Å². The van der Waals surface area contributed by atoms with Crippen molar-refractivity contribution in [2.45, 2.75) is 26.7 Å². The molecule has 0 unspecified atom stereocenters. The van der Waals surface area contributed by atoms with Crippen LogP contribution in [0.3, 0.4) is 0 Å². The second-order valence-corrected chi connectivity index (χ2v) is 4.87. The van der Waals surface area contributed by atoms with Gasteiger partial charge in [-0.2, -0.15) is 0 Å². The zero-order valence-electron chi connectivity index (χ0n) is 12.1. The summed E-state index contributed by atoms with van der Waals surface area (Å²) in [5.74, 6) is 2.03. The van der Waals surface area contributed by atoms with Gasteiger partial charge < -0.3 is 21.1 Å². The Balaban J connectivity index is 2.49. The topological polar surface area (TPSA) is 85.1 Å². The average molecular weight is 267 g/mol. The molecular formula is C13H25N5O. The number of hydrogen-bond acceptors (Lipinski definition) is 6. The van der Waals surface area contributed by atoms with Crippen molar-refractivity contribution in [2.75, 3.05) is 43.2 Å². The van der Waals surface area contributed by atoms with Crippen LogP contribution < -0.4 is 16.4 Å². The Kier molecular flexibility index (Phi) is 6.95. The summed E-state index contributed by atoms with van der Waals surface area (Å²) < 4.78 is 4.99. The monoisotopic (exact) mass is 267 g/mol. The van der Waals surface area contributed by atoms with E-state index in [0.717, 1.165) is 32.5 Å². The minimum atomic E-state index is 0.573. The molecule has 1 aromatic rings. The van der Waals surface area contributed by atoms with Crippen molar-refractivity contribution in [2.24, 2.45) is 5.92 Å². The summed E-state index contributed by atoms with van der Waals surface area (Å²) in [5, 5.41) is 6.44. The highest BCUT2D eigenvalue weighted by Crippen LogP contribution is 2.22. The molecule has 1 heterocycles. The molecule has 108 valence electrons. The van der Waals surface area contributed by atoms with Crippen LogP contribution in [0.15, 0.2) is 6.33 Å². The lowest BCUT2D eigenvalue weighted by atomic mass is 10.1. The van der Waals surface area contributed by atoms with Crippen LogP contribution in [0.25, 0.3) is 0 Å². The van der Waals surface area contributed by atoms with Gasteiger partial charge in [0, 0.05) is 26.8 Å². The fourth-order valence-electron chi connectivity index (χ4n) is 1.58. The molecule has 6 nitrogen and oxygen atoms in total. The van der Waals surface area contributed by atoms with Crippen LogP contribution in [0.5, 0.6) is 0 Å². The standard InChI is InChI=1S/C13H25N5O/c1-10(2)5-7-16-13-11(14)12(17-9-18-13)15-6-4-8-19-3/h9-10H,4-8,14H2,1-3H3,(H2,15,16,17,18). The molecule has 1 rings (SSSR count). The number of nitrogens with zero attached hydrogens (tertiary/aromatic N) is 2. The molecule has 0 saturated carbocycles. The molecule has 0 radical (unpaired) electrons. The maximum atomic E-state index is 6.03. The summed E-state index contributed by atoms with van der Waals surface area (Å²) in [6.45, 7) is 6.74. The van der Waals surface area contributed by atoms with Gasteiger partial charge in [-0.1, -0.05) is 13.8 Å². The first-order chi connectivity index (χ1) is 9.15. The molecule has 1 aromatic heterocycles. The minimum Gasteiger partial charge on any atom is -0.393 e. The lowest BCUT2D eigenvalue weighted by molar-refractivity contribution is 0.198. The van der Waals surface area contributed by atoms with Gasteiger partial charge in [0.2, 0.25) is 0 Å². The summed E-state index contributed by atoms with van der Waals surface area (Å²) in [7, 11) is 1.69. The lowest BCUT2D eigenvalue weighted by Gasteiger charge is -2.13. The van der Waals surface area contributed by atoms with Crippen molar-refractivity contribution in [3.63, 3.8) is 0 Å². The van der Waals surface area contributed by atoms with E-state index in [9.17, 15) is 0 Å². The number of nitrogen functional groups attached to an aromatic ring is 1. The number of nitrogens with two attached hydrogens (primary N) is 1. The smallest absolute Gasteiger partial charge is 0.154 e. The number of anilines is 3. The first-order valence-corrected chi connectivity index (χ1v) is 6.72. The maximum Gasteiger partial charge on any atom is 0.154 e. The van der Waals surface area contributed by atoms with Crippen LogP contribution in [0.2, 0.25) is 0 Å². The van der Waals surface area contributed by atoms with Gasteiger partial charge in [-0.25, -0.2) is 9.97 Å². The molecule has 6 heteroatoms. The van der Waals surface area contributed by atoms with Gasteiger partial charge >= 0.3 is 0 Å². The van der Waals surface area contributed by atoms with Crippen molar-refractivity contribution in [1.82, 2.24) is 9.97 Å². The Morgan fingerprint density at radius 1 is 1.21 bits per heavy atom. The molecule has 0 atom stereocenters. The fraction of sp³-hybridized carbons (Fsp3) is 0.692. The first kappa shape index (κ1) is 15.5. The summed E-state index contributed by atoms with van der Waals surface area (Å²) in [5.41, 5.74) is 6.61. The summed E-state index contributed by atoms with van der Waals surface area (Å²) in [4.78, 5) is 8.32. The zero-order valence-corrected chi connectivity index (χ0v) is 12.1. The van der Waals surface area contributed by atoms with E-state index in [4.69, 9.17) is 10.5 Å². The van der Waals surface area contributed by atoms with Crippen molar-refractivity contribution in [1.29, 1.82) is 0 Å². The molecule has 0 aliphatic carbocycles. The molecular weight excluding hydrogens is 242 g/mol. The van der Waals surface area contributed by atoms with Gasteiger partial charge in [-0.3, -0.25) is 0 Å². The summed E-state index contributed by atoms with van der Waals surface area (Å²) in [6, 6.07) is 0. The second kappa shape index (κ2) is 8.53. The molecule has 0 amide bonds. The largest absolute Gasteiger partial charge is 0.393 e. The third kappa shape index (κ3) is 5.74. The van der Waals surface area contributed by atoms with Gasteiger partial charge in [0.1, 0.15) is 12.0 Å². The normalized spacial score (nSPS) is 10.7.